The van der Waals surface area contributed by atoms with E-state index in [2.05, 4.69) is 5.10 Å². The van der Waals surface area contributed by atoms with Crippen LogP contribution in [0.5, 0.6) is 0 Å². The number of hydrazone groups is 1. The van der Waals surface area contributed by atoms with Gasteiger partial charge in [0, 0.05) is 12.0 Å². The summed E-state index contributed by atoms with van der Waals surface area (Å²) in [5.41, 5.74) is -19.5. The first-order valence-electron chi connectivity index (χ1n) is 11.2. The molecular formula is C24H7F15N4O2. The standard InChI is InChI=1S/C24H7F15N4O2/c25-20(26,27)13-1-8(2-14(11(13)6-40)21(28,29)30)18(45)10-5-17(44)43(42-19(10)24(37,38)39)9-3-15(22(31,32)33)12(7-41)16(4-9)23(34,35)36/h1-4,10H,5H2. The highest BCUT2D eigenvalue weighted by Crippen LogP contribution is 2.44. The molecule has 1 aliphatic rings. The average molecular weight is 668 g/mol. The third-order valence-corrected chi connectivity index (χ3v) is 6.00. The number of halogens is 15. The number of nitrogens with zero attached hydrogens (tertiary/aromatic N) is 4. The second-order valence-corrected chi connectivity index (χ2v) is 8.89. The minimum atomic E-state index is -5.90. The summed E-state index contributed by atoms with van der Waals surface area (Å²) in [7, 11) is 0. The van der Waals surface area contributed by atoms with Gasteiger partial charge in [-0.2, -0.15) is 81.5 Å². The lowest BCUT2D eigenvalue weighted by atomic mass is 9.85. The molecule has 2 aromatic carbocycles. The Labute approximate surface area is 238 Å². The lowest BCUT2D eigenvalue weighted by Crippen LogP contribution is -2.46. The van der Waals surface area contributed by atoms with Crippen LogP contribution >= 0.6 is 0 Å². The van der Waals surface area contributed by atoms with Crippen LogP contribution in [0.2, 0.25) is 0 Å². The second kappa shape index (κ2) is 11.0. The largest absolute Gasteiger partial charge is 0.431 e. The van der Waals surface area contributed by atoms with Crippen molar-refractivity contribution in [3.63, 3.8) is 0 Å². The van der Waals surface area contributed by atoms with Crippen molar-refractivity contribution in [2.75, 3.05) is 5.01 Å². The van der Waals surface area contributed by atoms with Crippen molar-refractivity contribution in [1.82, 2.24) is 0 Å². The molecule has 6 nitrogen and oxygen atoms in total. The zero-order valence-corrected chi connectivity index (χ0v) is 20.9. The van der Waals surface area contributed by atoms with E-state index >= 15 is 0 Å². The molecule has 0 aliphatic carbocycles. The second-order valence-electron chi connectivity index (χ2n) is 8.89. The molecule has 1 unspecified atom stereocenters. The van der Waals surface area contributed by atoms with Crippen LogP contribution in [0.15, 0.2) is 29.4 Å². The molecule has 1 atom stereocenters. The number of ketones is 1. The van der Waals surface area contributed by atoms with Gasteiger partial charge in [-0.25, -0.2) is 5.01 Å². The number of rotatable bonds is 3. The third-order valence-electron chi connectivity index (χ3n) is 6.00. The zero-order valence-electron chi connectivity index (χ0n) is 20.9. The predicted molar refractivity (Wildman–Crippen MR) is 116 cm³/mol. The van der Waals surface area contributed by atoms with Crippen LogP contribution in [0, 0.1) is 28.6 Å². The van der Waals surface area contributed by atoms with E-state index in [1.165, 1.54) is 0 Å². The van der Waals surface area contributed by atoms with E-state index in [0.29, 0.717) is 12.1 Å². The molecule has 0 radical (unpaired) electrons. The molecule has 1 heterocycles. The third kappa shape index (κ3) is 6.81. The van der Waals surface area contributed by atoms with Gasteiger partial charge in [-0.1, -0.05) is 0 Å². The zero-order chi connectivity index (χ0) is 34.7. The van der Waals surface area contributed by atoms with E-state index in [9.17, 15) is 75.4 Å². The lowest BCUT2D eigenvalue weighted by molar-refractivity contribution is -0.145. The van der Waals surface area contributed by atoms with E-state index in [-0.39, 0.29) is 12.1 Å². The molecule has 0 saturated carbocycles. The van der Waals surface area contributed by atoms with Gasteiger partial charge in [0.2, 0.25) is 5.91 Å². The molecule has 1 aliphatic heterocycles. The first-order chi connectivity index (χ1) is 20.2. The van der Waals surface area contributed by atoms with E-state index in [1.54, 1.807) is 0 Å². The van der Waals surface area contributed by atoms with Gasteiger partial charge in [-0.3, -0.25) is 9.59 Å². The smallest absolute Gasteiger partial charge is 0.293 e. The van der Waals surface area contributed by atoms with Gasteiger partial charge < -0.3 is 0 Å². The van der Waals surface area contributed by atoms with E-state index < -0.39 is 122 Å². The summed E-state index contributed by atoms with van der Waals surface area (Å²) in [5.74, 6) is -7.24. The molecule has 45 heavy (non-hydrogen) atoms. The Bertz CT molecular complexity index is 1610. The predicted octanol–water partition coefficient (Wildman–Crippen LogP) is 7.66. The summed E-state index contributed by atoms with van der Waals surface area (Å²) in [6.45, 7) is 0. The van der Waals surface area contributed by atoms with Crippen molar-refractivity contribution >= 4 is 23.1 Å². The Morgan fingerprint density at radius 1 is 0.667 bits per heavy atom. The summed E-state index contributed by atoms with van der Waals surface area (Å²) in [6.07, 6.45) is -30.8. The Morgan fingerprint density at radius 3 is 1.33 bits per heavy atom. The number of anilines is 1. The van der Waals surface area contributed by atoms with Gasteiger partial charge in [0.25, 0.3) is 0 Å². The fourth-order valence-corrected chi connectivity index (χ4v) is 4.13. The van der Waals surface area contributed by atoms with Gasteiger partial charge in [-0.15, -0.1) is 0 Å². The Hall–Kier alpha value is -4.82. The number of benzene rings is 2. The first kappa shape index (κ1) is 34.7. The molecule has 2 aromatic rings. The van der Waals surface area contributed by atoms with Crippen LogP contribution in [0.25, 0.3) is 0 Å². The summed E-state index contributed by atoms with van der Waals surface area (Å²) < 4.78 is 204. The van der Waals surface area contributed by atoms with Crippen molar-refractivity contribution in [2.24, 2.45) is 11.0 Å². The number of hydrogen-bond donors (Lipinski definition) is 0. The van der Waals surface area contributed by atoms with Crippen molar-refractivity contribution in [3.8, 4) is 12.1 Å². The quantitative estimate of drug-likeness (QED) is 0.248. The SMILES string of the molecule is N#Cc1c(C(F)(F)F)cc(C(=O)C2CC(=O)N(c3cc(C(F)(F)F)c(C#N)c(C(F)(F)F)c3)N=C2C(F)(F)F)cc1C(F)(F)F. The van der Waals surface area contributed by atoms with Crippen molar-refractivity contribution in [2.45, 2.75) is 37.3 Å². The number of alkyl halides is 15. The number of carbonyl (C=O) groups excluding carboxylic acids is 2. The Morgan fingerprint density at radius 2 is 1.02 bits per heavy atom. The molecule has 3 rings (SSSR count). The molecule has 1 amide bonds. The minimum Gasteiger partial charge on any atom is -0.293 e. The monoisotopic (exact) mass is 668 g/mol. The highest BCUT2D eigenvalue weighted by Gasteiger charge is 2.51. The lowest BCUT2D eigenvalue weighted by Gasteiger charge is -2.30. The van der Waals surface area contributed by atoms with E-state index in [1.807, 2.05) is 0 Å². The summed E-state index contributed by atoms with van der Waals surface area (Å²) >= 11 is 0. The maximum absolute atomic E-state index is 14.0. The van der Waals surface area contributed by atoms with Crippen LogP contribution in [0.4, 0.5) is 71.5 Å². The molecule has 21 heteroatoms. The van der Waals surface area contributed by atoms with Gasteiger partial charge in [0.1, 0.15) is 12.1 Å². The highest BCUT2D eigenvalue weighted by molar-refractivity contribution is 6.19. The summed E-state index contributed by atoms with van der Waals surface area (Å²) in [6, 6.07) is -0.189. The molecular weight excluding hydrogens is 661 g/mol. The van der Waals surface area contributed by atoms with Crippen molar-refractivity contribution < 1.29 is 75.4 Å². The first-order valence-corrected chi connectivity index (χ1v) is 11.2. The van der Waals surface area contributed by atoms with E-state index in [4.69, 9.17) is 10.5 Å². The Kier molecular flexibility index (Phi) is 8.45. The molecule has 0 saturated heterocycles. The van der Waals surface area contributed by atoms with Gasteiger partial charge in [0.05, 0.1) is 45.0 Å². The normalized spacial score (nSPS) is 16.6. The fraction of sp³-hybridized carbons (Fsp3) is 0.292. The maximum Gasteiger partial charge on any atom is 0.431 e. The van der Waals surface area contributed by atoms with Gasteiger partial charge in [0.15, 0.2) is 11.5 Å². The van der Waals surface area contributed by atoms with Crippen molar-refractivity contribution in [1.29, 1.82) is 10.5 Å². The topological polar surface area (TPSA) is 97.3 Å². The van der Waals surface area contributed by atoms with Crippen LogP contribution in [0.1, 0.15) is 50.2 Å². The number of hydrogen-bond acceptors (Lipinski definition) is 5. The highest BCUT2D eigenvalue weighted by atomic mass is 19.4. The Balaban J connectivity index is 2.30. The number of amides is 1. The van der Waals surface area contributed by atoms with Gasteiger partial charge in [-0.05, 0) is 24.3 Å². The molecule has 0 bridgehead atoms. The summed E-state index contributed by atoms with van der Waals surface area (Å²) in [4.78, 5) is 25.7. The van der Waals surface area contributed by atoms with E-state index in [0.717, 1.165) is 0 Å². The van der Waals surface area contributed by atoms with Crippen LogP contribution in [-0.2, 0) is 29.5 Å². The van der Waals surface area contributed by atoms with Crippen LogP contribution < -0.4 is 5.01 Å². The number of carbonyl (C=O) groups is 2. The molecule has 0 fully saturated rings. The maximum atomic E-state index is 14.0. The fourth-order valence-electron chi connectivity index (χ4n) is 4.13. The van der Waals surface area contributed by atoms with Crippen LogP contribution in [0.3, 0.4) is 0 Å². The van der Waals surface area contributed by atoms with Crippen LogP contribution in [-0.4, -0.2) is 23.6 Å². The van der Waals surface area contributed by atoms with Gasteiger partial charge >= 0.3 is 30.9 Å². The molecule has 0 aromatic heterocycles. The average Bonchev–Trinajstić information content (AvgIpc) is 2.88. The summed E-state index contributed by atoms with van der Waals surface area (Å²) in [5, 5.41) is 19.8. The molecule has 240 valence electrons. The minimum absolute atomic E-state index is 0.336. The molecule has 0 N–H and O–H groups in total. The number of nitriles is 2. The number of Topliss-reactive ketones (excluding diaryl/α,β-unsaturated/α-hetero) is 1. The van der Waals surface area contributed by atoms with Crippen molar-refractivity contribution in [3.05, 3.63) is 63.2 Å². The molecule has 0 spiro atoms.